The maximum atomic E-state index is 5.92. The number of fused-ring (bicyclic) bond motifs is 1. The fourth-order valence-corrected chi connectivity index (χ4v) is 3.25. The first-order chi connectivity index (χ1) is 11.3. The van der Waals surface area contributed by atoms with Gasteiger partial charge in [0, 0.05) is 29.5 Å². The molecule has 0 unspecified atom stereocenters. The molecule has 1 aliphatic heterocycles. The van der Waals surface area contributed by atoms with Crippen molar-refractivity contribution in [2.45, 2.75) is 33.2 Å². The number of aliphatic imine (C=N–C) groups is 1. The van der Waals surface area contributed by atoms with Crippen molar-refractivity contribution in [3.63, 3.8) is 0 Å². The lowest BCUT2D eigenvalue weighted by Crippen LogP contribution is -2.42. The Kier molecular flexibility index (Phi) is 4.27. The van der Waals surface area contributed by atoms with Gasteiger partial charge in [-0.3, -0.25) is 4.99 Å². The molecule has 124 valence electrons. The maximum Gasteiger partial charge on any atom is 0.0630 e. The van der Waals surface area contributed by atoms with Crippen LogP contribution in [0.15, 0.2) is 47.5 Å². The van der Waals surface area contributed by atoms with Gasteiger partial charge in [-0.15, -0.1) is 0 Å². The molecule has 0 radical (unpaired) electrons. The van der Waals surface area contributed by atoms with Gasteiger partial charge < -0.3 is 4.90 Å². The Morgan fingerprint density at radius 2 is 1.75 bits per heavy atom. The molecule has 0 saturated carbocycles. The molecule has 0 bridgehead atoms. The highest BCUT2D eigenvalue weighted by Crippen LogP contribution is 2.39. The Labute approximate surface area is 149 Å². The van der Waals surface area contributed by atoms with Crippen LogP contribution in [0.4, 0.5) is 11.4 Å². The van der Waals surface area contributed by atoms with Gasteiger partial charge in [-0.1, -0.05) is 17.7 Å². The molecule has 0 fully saturated rings. The molecule has 2 aromatic rings. The molecular weight excluding hydrogens is 316 g/mol. The van der Waals surface area contributed by atoms with E-state index < -0.39 is 0 Å². The lowest BCUT2D eigenvalue weighted by Gasteiger charge is -2.41. The number of aryl methyl sites for hydroxylation is 1. The van der Waals surface area contributed by atoms with Gasteiger partial charge in [0.05, 0.1) is 11.2 Å². The highest BCUT2D eigenvalue weighted by Gasteiger charge is 2.28. The third kappa shape index (κ3) is 3.11. The second-order valence-electron chi connectivity index (χ2n) is 7.00. The van der Waals surface area contributed by atoms with Crippen LogP contribution >= 0.6 is 11.6 Å². The molecule has 1 aliphatic rings. The Balaban J connectivity index is 2.00. The van der Waals surface area contributed by atoms with Crippen molar-refractivity contribution in [3.05, 3.63) is 64.2 Å². The van der Waals surface area contributed by atoms with E-state index in [1.54, 1.807) is 0 Å². The number of halogens is 1. The quantitative estimate of drug-likeness (QED) is 0.610. The molecule has 3 rings (SSSR count). The van der Waals surface area contributed by atoms with E-state index in [0.29, 0.717) is 0 Å². The first kappa shape index (κ1) is 16.8. The predicted molar refractivity (Wildman–Crippen MR) is 106 cm³/mol. The van der Waals surface area contributed by atoms with Crippen molar-refractivity contribution in [1.82, 2.24) is 0 Å². The van der Waals surface area contributed by atoms with Crippen LogP contribution in [0.25, 0.3) is 5.57 Å². The van der Waals surface area contributed by atoms with Crippen molar-refractivity contribution >= 4 is 34.8 Å². The Morgan fingerprint density at radius 1 is 1.08 bits per heavy atom. The van der Waals surface area contributed by atoms with E-state index in [-0.39, 0.29) is 5.54 Å². The Hall–Kier alpha value is -2.06. The number of likely N-dealkylation sites (N-methyl/N-ethyl adjacent to an activating group) is 1. The number of nitrogens with zero attached hydrogens (tertiary/aromatic N) is 2. The van der Waals surface area contributed by atoms with Crippen LogP contribution in [-0.2, 0) is 0 Å². The summed E-state index contributed by atoms with van der Waals surface area (Å²) >= 11 is 5.92. The summed E-state index contributed by atoms with van der Waals surface area (Å²) in [6.45, 7) is 8.80. The molecule has 3 heteroatoms. The van der Waals surface area contributed by atoms with Crippen molar-refractivity contribution in [2.75, 3.05) is 11.9 Å². The van der Waals surface area contributed by atoms with Gasteiger partial charge in [-0.05, 0) is 80.8 Å². The SMILES string of the molecule is CC1=CC(C)(C)N(C)c2cc(C)c(C=Nc3ccc(Cl)cc3)cc21. The normalized spacial score (nSPS) is 16.2. The van der Waals surface area contributed by atoms with E-state index in [9.17, 15) is 0 Å². The van der Waals surface area contributed by atoms with Crippen LogP contribution in [0.2, 0.25) is 5.02 Å². The van der Waals surface area contributed by atoms with E-state index in [1.807, 2.05) is 30.5 Å². The zero-order chi connectivity index (χ0) is 17.5. The number of rotatable bonds is 2. The number of benzene rings is 2. The van der Waals surface area contributed by atoms with E-state index in [4.69, 9.17) is 11.6 Å². The van der Waals surface area contributed by atoms with Crippen LogP contribution < -0.4 is 4.90 Å². The average molecular weight is 339 g/mol. The summed E-state index contributed by atoms with van der Waals surface area (Å²) in [5.74, 6) is 0. The summed E-state index contributed by atoms with van der Waals surface area (Å²) in [7, 11) is 2.16. The van der Waals surface area contributed by atoms with Gasteiger partial charge in [0.2, 0.25) is 0 Å². The van der Waals surface area contributed by atoms with Crippen molar-refractivity contribution < 1.29 is 0 Å². The highest BCUT2D eigenvalue weighted by molar-refractivity contribution is 6.30. The largest absolute Gasteiger partial charge is 0.365 e. The van der Waals surface area contributed by atoms with Crippen LogP contribution in [0.3, 0.4) is 0 Å². The molecule has 2 nitrogen and oxygen atoms in total. The molecule has 0 aromatic heterocycles. The first-order valence-corrected chi connectivity index (χ1v) is 8.54. The lowest BCUT2D eigenvalue weighted by molar-refractivity contribution is 0.597. The topological polar surface area (TPSA) is 15.6 Å². The molecule has 0 atom stereocenters. The van der Waals surface area contributed by atoms with Crippen LogP contribution in [0.1, 0.15) is 37.5 Å². The fraction of sp³-hybridized carbons (Fsp3) is 0.286. The molecule has 0 amide bonds. The number of anilines is 1. The van der Waals surface area contributed by atoms with E-state index in [0.717, 1.165) is 16.3 Å². The molecular formula is C21H23ClN2. The standard InChI is InChI=1S/C21H23ClN2/c1-14-10-20-19(15(2)12-21(3,4)24(20)5)11-16(14)13-23-18-8-6-17(22)7-9-18/h6-13H,1-5H3. The number of hydrogen-bond acceptors (Lipinski definition) is 2. The van der Waals surface area contributed by atoms with Gasteiger partial charge in [-0.2, -0.15) is 0 Å². The minimum absolute atomic E-state index is 0.0302. The third-order valence-corrected chi connectivity index (χ3v) is 5.04. The van der Waals surface area contributed by atoms with Gasteiger partial charge in [0.1, 0.15) is 0 Å². The average Bonchev–Trinajstić information content (AvgIpc) is 2.52. The van der Waals surface area contributed by atoms with Gasteiger partial charge in [0.25, 0.3) is 0 Å². The van der Waals surface area contributed by atoms with Crippen molar-refractivity contribution in [3.8, 4) is 0 Å². The summed E-state index contributed by atoms with van der Waals surface area (Å²) in [6, 6.07) is 12.1. The number of hydrogen-bond donors (Lipinski definition) is 0. The predicted octanol–water partition coefficient (Wildman–Crippen LogP) is 6.03. The maximum absolute atomic E-state index is 5.92. The summed E-state index contributed by atoms with van der Waals surface area (Å²) in [4.78, 5) is 6.92. The zero-order valence-corrected chi connectivity index (χ0v) is 15.6. The van der Waals surface area contributed by atoms with Crippen LogP contribution in [-0.4, -0.2) is 18.8 Å². The first-order valence-electron chi connectivity index (χ1n) is 8.16. The van der Waals surface area contributed by atoms with E-state index in [1.165, 1.54) is 22.4 Å². The monoisotopic (exact) mass is 338 g/mol. The third-order valence-electron chi connectivity index (χ3n) is 4.78. The molecule has 1 heterocycles. The minimum Gasteiger partial charge on any atom is -0.365 e. The second-order valence-corrected chi connectivity index (χ2v) is 7.44. The summed E-state index contributed by atoms with van der Waals surface area (Å²) < 4.78 is 0. The molecule has 0 saturated heterocycles. The zero-order valence-electron chi connectivity index (χ0n) is 14.9. The minimum atomic E-state index is 0.0302. The summed E-state index contributed by atoms with van der Waals surface area (Å²) in [5, 5.41) is 0.727. The van der Waals surface area contributed by atoms with Crippen molar-refractivity contribution in [1.29, 1.82) is 0 Å². The molecule has 0 aliphatic carbocycles. The summed E-state index contributed by atoms with van der Waals surface area (Å²) in [6.07, 6.45) is 4.26. The lowest BCUT2D eigenvalue weighted by atomic mass is 9.87. The van der Waals surface area contributed by atoms with E-state index >= 15 is 0 Å². The van der Waals surface area contributed by atoms with Crippen LogP contribution in [0, 0.1) is 6.92 Å². The van der Waals surface area contributed by atoms with Gasteiger partial charge >= 0.3 is 0 Å². The molecule has 24 heavy (non-hydrogen) atoms. The highest BCUT2D eigenvalue weighted by atomic mass is 35.5. The smallest absolute Gasteiger partial charge is 0.0630 e. The Morgan fingerprint density at radius 3 is 2.42 bits per heavy atom. The van der Waals surface area contributed by atoms with Crippen molar-refractivity contribution in [2.24, 2.45) is 4.99 Å². The molecule has 0 N–H and O–H groups in total. The van der Waals surface area contributed by atoms with E-state index in [2.05, 4.69) is 62.8 Å². The van der Waals surface area contributed by atoms with Gasteiger partial charge in [0.15, 0.2) is 0 Å². The number of allylic oxidation sites excluding steroid dienone is 1. The van der Waals surface area contributed by atoms with Gasteiger partial charge in [-0.25, -0.2) is 0 Å². The fourth-order valence-electron chi connectivity index (χ4n) is 3.13. The Bertz CT molecular complexity index is 830. The second kappa shape index (κ2) is 6.10. The van der Waals surface area contributed by atoms with Crippen LogP contribution in [0.5, 0.6) is 0 Å². The summed E-state index contributed by atoms with van der Waals surface area (Å²) in [5.41, 5.74) is 7.17. The molecule has 2 aromatic carbocycles. The molecule has 0 spiro atoms.